The molecule has 0 bridgehead atoms. The quantitative estimate of drug-likeness (QED) is 0.878. The minimum Gasteiger partial charge on any atom is -0.335 e. The summed E-state index contributed by atoms with van der Waals surface area (Å²) in [5.41, 5.74) is 3.73. The van der Waals surface area contributed by atoms with Gasteiger partial charge in [-0.15, -0.1) is 0 Å². The van der Waals surface area contributed by atoms with E-state index in [2.05, 4.69) is 34.7 Å². The van der Waals surface area contributed by atoms with Crippen LogP contribution in [0, 0.1) is 0 Å². The molecule has 1 heterocycles. The highest BCUT2D eigenvalue weighted by atomic mass is 16.2. The summed E-state index contributed by atoms with van der Waals surface area (Å²) >= 11 is 0. The summed E-state index contributed by atoms with van der Waals surface area (Å²) < 4.78 is 0. The number of hydrogen-bond acceptors (Lipinski definition) is 2. The van der Waals surface area contributed by atoms with Crippen molar-refractivity contribution in [3.8, 4) is 0 Å². The molecule has 0 unspecified atom stereocenters. The van der Waals surface area contributed by atoms with Crippen LogP contribution in [0.5, 0.6) is 0 Å². The van der Waals surface area contributed by atoms with Crippen molar-refractivity contribution in [2.24, 2.45) is 0 Å². The molecule has 1 fully saturated rings. The third-order valence-electron chi connectivity index (χ3n) is 4.70. The predicted molar refractivity (Wildman–Crippen MR) is 85.8 cm³/mol. The number of urea groups is 1. The van der Waals surface area contributed by atoms with E-state index < -0.39 is 0 Å². The maximum absolute atomic E-state index is 12.2. The van der Waals surface area contributed by atoms with Crippen molar-refractivity contribution < 1.29 is 4.79 Å². The molecule has 1 aromatic rings. The van der Waals surface area contributed by atoms with Crippen LogP contribution in [0.3, 0.4) is 0 Å². The summed E-state index contributed by atoms with van der Waals surface area (Å²) in [6.07, 6.45) is 6.79. The van der Waals surface area contributed by atoms with Crippen molar-refractivity contribution in [3.63, 3.8) is 0 Å². The first kappa shape index (κ1) is 14.4. The first-order chi connectivity index (χ1) is 10.2. The second-order valence-corrected chi connectivity index (χ2v) is 6.33. The van der Waals surface area contributed by atoms with E-state index in [0.717, 1.165) is 44.5 Å². The maximum atomic E-state index is 12.2. The monoisotopic (exact) mass is 287 g/mol. The lowest BCUT2D eigenvalue weighted by molar-refractivity contribution is 0.221. The Hall–Kier alpha value is -1.55. The minimum absolute atomic E-state index is 0.0523. The van der Waals surface area contributed by atoms with Gasteiger partial charge in [0.2, 0.25) is 0 Å². The molecule has 4 heteroatoms. The lowest BCUT2D eigenvalue weighted by Crippen LogP contribution is -2.45. The van der Waals surface area contributed by atoms with Gasteiger partial charge in [-0.3, -0.25) is 0 Å². The first-order valence-electron chi connectivity index (χ1n) is 8.09. The van der Waals surface area contributed by atoms with Crippen molar-refractivity contribution in [2.45, 2.75) is 44.6 Å². The Kier molecular flexibility index (Phi) is 4.44. The molecular formula is C17H25N3O. The van der Waals surface area contributed by atoms with Crippen LogP contribution in [-0.2, 0) is 12.8 Å². The topological polar surface area (TPSA) is 44.4 Å². The number of nitrogens with zero attached hydrogens (tertiary/aromatic N) is 1. The Labute approximate surface area is 126 Å². The Morgan fingerprint density at radius 3 is 2.76 bits per heavy atom. The fraction of sp³-hybridized carbons (Fsp3) is 0.588. The van der Waals surface area contributed by atoms with Gasteiger partial charge in [0.1, 0.15) is 0 Å². The van der Waals surface area contributed by atoms with Gasteiger partial charge in [0.05, 0.1) is 0 Å². The number of aryl methyl sites for hydroxylation is 1. The summed E-state index contributed by atoms with van der Waals surface area (Å²) in [5.74, 6) is 0. The number of piperidine rings is 1. The largest absolute Gasteiger partial charge is 0.335 e. The number of nitrogens with one attached hydrogen (secondary N) is 2. The molecule has 0 atom stereocenters. The van der Waals surface area contributed by atoms with Crippen molar-refractivity contribution in [1.82, 2.24) is 10.2 Å². The van der Waals surface area contributed by atoms with E-state index in [1.165, 1.54) is 24.0 Å². The molecule has 1 aliphatic heterocycles. The summed E-state index contributed by atoms with van der Waals surface area (Å²) in [7, 11) is 2.13. The SMILES string of the molecule is CN1CCC(NC(=O)Nc2cccc3c2CCCC3)CC1. The molecule has 1 saturated heterocycles. The molecule has 4 nitrogen and oxygen atoms in total. The summed E-state index contributed by atoms with van der Waals surface area (Å²) in [6.45, 7) is 2.12. The number of rotatable bonds is 2. The molecule has 0 aromatic heterocycles. The number of hydrogen-bond donors (Lipinski definition) is 2. The van der Waals surface area contributed by atoms with Gasteiger partial charge in [0.25, 0.3) is 0 Å². The molecule has 2 aliphatic rings. The van der Waals surface area contributed by atoms with Gasteiger partial charge in [0, 0.05) is 11.7 Å². The molecule has 2 N–H and O–H groups in total. The Morgan fingerprint density at radius 2 is 1.95 bits per heavy atom. The number of amides is 2. The van der Waals surface area contributed by atoms with Crippen molar-refractivity contribution in [3.05, 3.63) is 29.3 Å². The number of fused-ring (bicyclic) bond motifs is 1. The first-order valence-corrected chi connectivity index (χ1v) is 8.09. The summed E-state index contributed by atoms with van der Waals surface area (Å²) in [4.78, 5) is 14.5. The van der Waals surface area contributed by atoms with E-state index in [0.29, 0.717) is 6.04 Å². The van der Waals surface area contributed by atoms with Gasteiger partial charge < -0.3 is 15.5 Å². The number of carbonyl (C=O) groups is 1. The molecule has 0 spiro atoms. The van der Waals surface area contributed by atoms with Gasteiger partial charge in [-0.05, 0) is 75.9 Å². The smallest absolute Gasteiger partial charge is 0.319 e. The van der Waals surface area contributed by atoms with Crippen LogP contribution in [0.2, 0.25) is 0 Å². The Morgan fingerprint density at radius 1 is 1.19 bits per heavy atom. The Balaban J connectivity index is 1.60. The highest BCUT2D eigenvalue weighted by Crippen LogP contribution is 2.27. The van der Waals surface area contributed by atoms with Crippen molar-refractivity contribution in [2.75, 3.05) is 25.5 Å². The van der Waals surface area contributed by atoms with Gasteiger partial charge in [-0.25, -0.2) is 4.79 Å². The zero-order valence-electron chi connectivity index (χ0n) is 12.8. The molecule has 1 aromatic carbocycles. The summed E-state index contributed by atoms with van der Waals surface area (Å²) in [5, 5.41) is 6.18. The number of benzene rings is 1. The standard InChI is InChI=1S/C17H25N3O/c1-20-11-9-14(10-12-20)18-17(21)19-16-8-4-6-13-5-2-3-7-15(13)16/h4,6,8,14H,2-3,5,7,9-12H2,1H3,(H2,18,19,21). The minimum atomic E-state index is -0.0523. The maximum Gasteiger partial charge on any atom is 0.319 e. The number of anilines is 1. The lowest BCUT2D eigenvalue weighted by Gasteiger charge is -2.29. The molecule has 0 saturated carbocycles. The highest BCUT2D eigenvalue weighted by molar-refractivity contribution is 5.90. The molecule has 21 heavy (non-hydrogen) atoms. The molecule has 3 rings (SSSR count). The van der Waals surface area contributed by atoms with E-state index in [9.17, 15) is 4.79 Å². The predicted octanol–water partition coefficient (Wildman–Crippen LogP) is 2.78. The van der Waals surface area contributed by atoms with E-state index >= 15 is 0 Å². The third kappa shape index (κ3) is 3.56. The van der Waals surface area contributed by atoms with Crippen LogP contribution < -0.4 is 10.6 Å². The fourth-order valence-corrected chi connectivity index (χ4v) is 3.40. The normalized spacial score (nSPS) is 19.9. The summed E-state index contributed by atoms with van der Waals surface area (Å²) in [6, 6.07) is 6.52. The van der Waals surface area contributed by atoms with Crippen LogP contribution >= 0.6 is 0 Å². The van der Waals surface area contributed by atoms with Gasteiger partial charge in [-0.1, -0.05) is 12.1 Å². The lowest BCUT2D eigenvalue weighted by atomic mass is 9.90. The van der Waals surface area contributed by atoms with E-state index in [4.69, 9.17) is 0 Å². The van der Waals surface area contributed by atoms with Crippen LogP contribution in [0.25, 0.3) is 0 Å². The van der Waals surface area contributed by atoms with Crippen LogP contribution in [0.4, 0.5) is 10.5 Å². The fourth-order valence-electron chi connectivity index (χ4n) is 3.40. The molecule has 1 aliphatic carbocycles. The highest BCUT2D eigenvalue weighted by Gasteiger charge is 2.19. The van der Waals surface area contributed by atoms with Gasteiger partial charge in [0.15, 0.2) is 0 Å². The van der Waals surface area contributed by atoms with Crippen LogP contribution in [0.15, 0.2) is 18.2 Å². The molecule has 2 amide bonds. The second-order valence-electron chi connectivity index (χ2n) is 6.33. The average Bonchev–Trinajstić information content (AvgIpc) is 2.50. The van der Waals surface area contributed by atoms with Crippen LogP contribution in [0.1, 0.15) is 36.8 Å². The average molecular weight is 287 g/mol. The van der Waals surface area contributed by atoms with E-state index in [1.54, 1.807) is 0 Å². The Bertz CT molecular complexity index is 507. The third-order valence-corrected chi connectivity index (χ3v) is 4.70. The zero-order chi connectivity index (χ0) is 14.7. The van der Waals surface area contributed by atoms with E-state index in [1.807, 2.05) is 6.07 Å². The van der Waals surface area contributed by atoms with Gasteiger partial charge >= 0.3 is 6.03 Å². The van der Waals surface area contributed by atoms with Gasteiger partial charge in [-0.2, -0.15) is 0 Å². The van der Waals surface area contributed by atoms with Crippen molar-refractivity contribution in [1.29, 1.82) is 0 Å². The van der Waals surface area contributed by atoms with E-state index in [-0.39, 0.29) is 6.03 Å². The zero-order valence-corrected chi connectivity index (χ0v) is 12.8. The molecule has 114 valence electrons. The second kappa shape index (κ2) is 6.48. The molecule has 0 radical (unpaired) electrons. The van der Waals surface area contributed by atoms with Crippen molar-refractivity contribution >= 4 is 11.7 Å². The molecular weight excluding hydrogens is 262 g/mol. The van der Waals surface area contributed by atoms with Crippen LogP contribution in [-0.4, -0.2) is 37.1 Å². The number of likely N-dealkylation sites (tertiary alicyclic amines) is 1. The number of carbonyl (C=O) groups excluding carboxylic acids is 1.